The highest BCUT2D eigenvalue weighted by atomic mass is 35.5. The number of anilines is 2. The molecule has 0 fully saturated rings. The molecule has 5 rings (SSSR count). The van der Waals surface area contributed by atoms with Crippen molar-refractivity contribution in [2.45, 2.75) is 24.8 Å². The van der Waals surface area contributed by atoms with Crippen molar-refractivity contribution in [1.82, 2.24) is 15.0 Å². The second-order valence-corrected chi connectivity index (χ2v) is 8.80. The molecule has 2 aromatic carbocycles. The van der Waals surface area contributed by atoms with Crippen LogP contribution in [0, 0.1) is 0 Å². The number of benzene rings is 2. The third-order valence-electron chi connectivity index (χ3n) is 6.14. The molecule has 1 spiro atoms. The summed E-state index contributed by atoms with van der Waals surface area (Å²) in [6, 6.07) is 12.1. The van der Waals surface area contributed by atoms with Crippen LogP contribution < -0.4 is 10.2 Å². The van der Waals surface area contributed by atoms with Crippen molar-refractivity contribution in [3.05, 3.63) is 69.3 Å². The first-order valence-corrected chi connectivity index (χ1v) is 10.9. The minimum absolute atomic E-state index is 0.0987. The molecule has 3 aromatic rings. The largest absolute Gasteiger partial charge is 0.395 e. The number of rotatable bonds is 4. The van der Waals surface area contributed by atoms with E-state index in [0.717, 1.165) is 5.56 Å². The van der Waals surface area contributed by atoms with Crippen LogP contribution in [0.15, 0.2) is 42.5 Å². The molecular weight excluding hydrogens is 453 g/mol. The van der Waals surface area contributed by atoms with Crippen LogP contribution in [-0.2, 0) is 15.0 Å². The van der Waals surface area contributed by atoms with Crippen molar-refractivity contribution in [1.29, 1.82) is 0 Å². The highest BCUT2D eigenvalue weighted by Crippen LogP contribution is 2.52. The van der Waals surface area contributed by atoms with E-state index in [-0.39, 0.29) is 37.4 Å². The zero-order valence-corrected chi connectivity index (χ0v) is 18.6. The number of carbonyl (C=O) groups excluding carboxylic acids is 2. The molecule has 10 heteroatoms. The molecule has 164 valence electrons. The van der Waals surface area contributed by atoms with Crippen LogP contribution in [0.4, 0.5) is 11.5 Å². The number of amides is 2. The zero-order valence-electron chi connectivity index (χ0n) is 17.0. The maximum absolute atomic E-state index is 13.7. The lowest BCUT2D eigenvalue weighted by Gasteiger charge is -2.31. The Morgan fingerprint density at radius 1 is 1.16 bits per heavy atom. The van der Waals surface area contributed by atoms with E-state index in [1.807, 2.05) is 19.1 Å². The number of aromatic nitrogens is 3. The second kappa shape index (κ2) is 7.58. The summed E-state index contributed by atoms with van der Waals surface area (Å²) < 4.78 is 1.60. The topological polar surface area (TPSA) is 100 Å². The third kappa shape index (κ3) is 2.94. The number of hydrogen-bond donors (Lipinski definition) is 2. The molecule has 0 unspecified atom stereocenters. The second-order valence-electron chi connectivity index (χ2n) is 7.93. The van der Waals surface area contributed by atoms with Crippen molar-refractivity contribution >= 4 is 46.5 Å². The van der Waals surface area contributed by atoms with Gasteiger partial charge in [-0.15, -0.1) is 5.10 Å². The van der Waals surface area contributed by atoms with Gasteiger partial charge in [-0.3, -0.25) is 9.59 Å². The van der Waals surface area contributed by atoms with E-state index < -0.39 is 5.41 Å². The van der Waals surface area contributed by atoms with Crippen LogP contribution in [0.2, 0.25) is 10.0 Å². The number of carbonyl (C=O) groups is 2. The van der Waals surface area contributed by atoms with E-state index in [2.05, 4.69) is 15.6 Å². The van der Waals surface area contributed by atoms with Gasteiger partial charge in [0.2, 0.25) is 11.8 Å². The van der Waals surface area contributed by atoms with Crippen molar-refractivity contribution in [2.75, 3.05) is 23.4 Å². The molecule has 0 saturated carbocycles. The van der Waals surface area contributed by atoms with E-state index in [0.29, 0.717) is 32.8 Å². The third-order valence-corrected chi connectivity index (χ3v) is 6.63. The maximum Gasteiger partial charge on any atom is 0.244 e. The average molecular weight is 472 g/mol. The highest BCUT2D eigenvalue weighted by molar-refractivity contribution is 6.31. The van der Waals surface area contributed by atoms with Gasteiger partial charge in [0.05, 0.1) is 19.1 Å². The quantitative estimate of drug-likeness (QED) is 0.608. The number of nitrogens with zero attached hydrogens (tertiary/aromatic N) is 4. The van der Waals surface area contributed by atoms with Gasteiger partial charge < -0.3 is 15.3 Å². The fraction of sp³-hybridized carbons (Fsp3) is 0.273. The van der Waals surface area contributed by atoms with E-state index in [1.54, 1.807) is 35.0 Å². The molecule has 0 radical (unpaired) electrons. The van der Waals surface area contributed by atoms with Gasteiger partial charge in [0.1, 0.15) is 11.1 Å². The Bertz CT molecular complexity index is 1240. The average Bonchev–Trinajstić information content (AvgIpc) is 3.28. The van der Waals surface area contributed by atoms with Gasteiger partial charge in [-0.2, -0.15) is 0 Å². The van der Waals surface area contributed by atoms with Gasteiger partial charge in [-0.1, -0.05) is 40.5 Å². The SMILES string of the molecule is C[C@@H](c1ccc(Cl)cc1)n1nnc2c1NC(=O)C[C@]21C(=O)N(CCO)c2ccc(Cl)cc21. The van der Waals surface area contributed by atoms with Gasteiger partial charge in [-0.25, -0.2) is 4.68 Å². The summed E-state index contributed by atoms with van der Waals surface area (Å²) in [7, 11) is 0. The summed E-state index contributed by atoms with van der Waals surface area (Å²) in [4.78, 5) is 28.1. The normalized spacial score (nSPS) is 20.3. The number of halogens is 2. The lowest BCUT2D eigenvalue weighted by molar-refractivity contribution is -0.126. The fourth-order valence-corrected chi connectivity index (χ4v) is 4.91. The van der Waals surface area contributed by atoms with Gasteiger partial charge in [-0.05, 0) is 48.4 Å². The lowest BCUT2D eigenvalue weighted by Crippen LogP contribution is -2.47. The van der Waals surface area contributed by atoms with Crippen LogP contribution in [-0.4, -0.2) is 45.1 Å². The van der Waals surface area contributed by atoms with Crippen LogP contribution >= 0.6 is 23.2 Å². The molecule has 0 aliphatic carbocycles. The molecule has 2 atom stereocenters. The number of β-amino-alcohol motifs (C(OH)–C–C–N with tert-alkyl or cyclic N) is 1. The van der Waals surface area contributed by atoms with Crippen molar-refractivity contribution < 1.29 is 14.7 Å². The fourth-order valence-electron chi connectivity index (χ4n) is 4.61. The van der Waals surface area contributed by atoms with Gasteiger partial charge in [0, 0.05) is 22.3 Å². The standard InChI is InChI=1S/C22H19Cl2N5O3/c1-12(13-2-4-14(23)5-3-13)29-20-19(26-27-29)22(11-18(31)25-20)16-10-15(24)6-7-17(16)28(8-9-30)21(22)32/h2-7,10,12,30H,8-9,11H2,1H3,(H,25,31)/t12-,22+/m0/s1. The molecule has 8 nitrogen and oxygen atoms in total. The van der Waals surface area contributed by atoms with Crippen LogP contribution in [0.25, 0.3) is 0 Å². The summed E-state index contributed by atoms with van der Waals surface area (Å²) in [6.07, 6.45) is -0.123. The van der Waals surface area contributed by atoms with Gasteiger partial charge in [0.15, 0.2) is 5.82 Å². The Hall–Kier alpha value is -2.94. The first kappa shape index (κ1) is 20.9. The van der Waals surface area contributed by atoms with E-state index in [1.165, 1.54) is 4.90 Å². The summed E-state index contributed by atoms with van der Waals surface area (Å²) in [5.74, 6) is -0.283. The molecule has 2 N–H and O–H groups in total. The first-order chi connectivity index (χ1) is 15.4. The molecule has 2 aliphatic rings. The Kier molecular flexibility index (Phi) is 4.96. The molecule has 0 bridgehead atoms. The van der Waals surface area contributed by atoms with Gasteiger partial charge >= 0.3 is 0 Å². The van der Waals surface area contributed by atoms with E-state index in [4.69, 9.17) is 23.2 Å². The van der Waals surface area contributed by atoms with Crippen molar-refractivity contribution in [3.63, 3.8) is 0 Å². The Labute approximate surface area is 193 Å². The van der Waals surface area contributed by atoms with E-state index >= 15 is 0 Å². The van der Waals surface area contributed by atoms with Crippen molar-refractivity contribution in [2.24, 2.45) is 0 Å². The van der Waals surface area contributed by atoms with Crippen LogP contribution in [0.3, 0.4) is 0 Å². The number of hydrogen-bond acceptors (Lipinski definition) is 5. The lowest BCUT2D eigenvalue weighted by atomic mass is 9.73. The highest BCUT2D eigenvalue weighted by Gasteiger charge is 2.58. The van der Waals surface area contributed by atoms with E-state index in [9.17, 15) is 14.7 Å². The Balaban J connectivity index is 1.69. The molecule has 32 heavy (non-hydrogen) atoms. The minimum atomic E-state index is -1.36. The predicted octanol–water partition coefficient (Wildman–Crippen LogP) is 3.16. The van der Waals surface area contributed by atoms with Crippen molar-refractivity contribution in [3.8, 4) is 0 Å². The summed E-state index contributed by atoms with van der Waals surface area (Å²) in [5.41, 5.74) is 1.12. The monoisotopic (exact) mass is 471 g/mol. The molecule has 2 amide bonds. The summed E-state index contributed by atoms with van der Waals surface area (Å²) in [5, 5.41) is 22.1. The number of aliphatic hydroxyl groups is 1. The molecule has 0 saturated heterocycles. The number of nitrogens with one attached hydrogen (secondary N) is 1. The minimum Gasteiger partial charge on any atom is -0.395 e. The molecule has 3 heterocycles. The summed E-state index contributed by atoms with van der Waals surface area (Å²) in [6.45, 7) is 1.80. The maximum atomic E-state index is 13.7. The molecule has 2 aliphatic heterocycles. The zero-order chi connectivity index (χ0) is 22.6. The summed E-state index contributed by atoms with van der Waals surface area (Å²) >= 11 is 12.3. The Morgan fingerprint density at radius 2 is 1.88 bits per heavy atom. The number of aliphatic hydroxyl groups excluding tert-OH is 1. The Morgan fingerprint density at radius 3 is 2.59 bits per heavy atom. The van der Waals surface area contributed by atoms with Crippen LogP contribution in [0.1, 0.15) is 36.2 Å². The number of fused-ring (bicyclic) bond motifs is 4. The molecule has 1 aromatic heterocycles. The van der Waals surface area contributed by atoms with Crippen LogP contribution in [0.5, 0.6) is 0 Å². The smallest absolute Gasteiger partial charge is 0.244 e. The van der Waals surface area contributed by atoms with Gasteiger partial charge in [0.25, 0.3) is 0 Å². The predicted molar refractivity (Wildman–Crippen MR) is 120 cm³/mol. The first-order valence-electron chi connectivity index (χ1n) is 10.1. The molecular formula is C22H19Cl2N5O3.